The van der Waals surface area contributed by atoms with Gasteiger partial charge in [0.1, 0.15) is 5.82 Å². The summed E-state index contributed by atoms with van der Waals surface area (Å²) in [6, 6.07) is 3.70. The molecule has 0 spiro atoms. The van der Waals surface area contributed by atoms with Gasteiger partial charge < -0.3 is 15.2 Å². The molecule has 0 aromatic carbocycles. The number of ether oxygens (including phenoxy) is 2. The van der Waals surface area contributed by atoms with Crippen molar-refractivity contribution in [1.29, 1.82) is 0 Å². The van der Waals surface area contributed by atoms with Crippen LogP contribution in [0.5, 0.6) is 5.88 Å². The van der Waals surface area contributed by atoms with Gasteiger partial charge in [-0.3, -0.25) is 4.98 Å². The van der Waals surface area contributed by atoms with Crippen molar-refractivity contribution in [1.82, 2.24) is 9.97 Å². The number of nitrogens with two attached hydrogens (primary N) is 1. The van der Waals surface area contributed by atoms with E-state index < -0.39 is 0 Å². The highest BCUT2D eigenvalue weighted by Crippen LogP contribution is 2.46. The zero-order valence-corrected chi connectivity index (χ0v) is 17.8. The van der Waals surface area contributed by atoms with Gasteiger partial charge in [0.2, 0.25) is 5.88 Å². The third kappa shape index (κ3) is 4.76. The molecule has 2 saturated carbocycles. The van der Waals surface area contributed by atoms with E-state index in [-0.39, 0.29) is 28.5 Å². The average molecular weight is 429 g/mol. The fourth-order valence-electron chi connectivity index (χ4n) is 4.47. The number of aryl methyl sites for hydroxylation is 1. The molecule has 2 bridgehead atoms. The highest BCUT2D eigenvalue weighted by atomic mass is 19.1. The molecule has 2 aliphatic carbocycles. The van der Waals surface area contributed by atoms with Crippen LogP contribution in [-0.2, 0) is 20.7 Å². The molecule has 6 rings (SSSR count). The van der Waals surface area contributed by atoms with E-state index in [1.54, 1.807) is 0 Å². The summed E-state index contributed by atoms with van der Waals surface area (Å²) in [7, 11) is 0. The number of aromatic nitrogens is 2. The predicted octanol–water partition coefficient (Wildman–Crippen LogP) is 3.34. The van der Waals surface area contributed by atoms with Crippen molar-refractivity contribution in [2.45, 2.75) is 69.4 Å². The van der Waals surface area contributed by atoms with Gasteiger partial charge in [-0.15, -0.1) is 0 Å². The van der Waals surface area contributed by atoms with Crippen LogP contribution in [0.15, 0.2) is 18.3 Å². The van der Waals surface area contributed by atoms with Crippen molar-refractivity contribution in [2.75, 3.05) is 13.2 Å². The van der Waals surface area contributed by atoms with Gasteiger partial charge in [-0.05, 0) is 57.4 Å². The molecular formula is C23H28FN3O4. The SMILES string of the molecule is CC1(COc2ccc3ncc(F)c(CCC45CCC(N)(CC4)CO5)c3n2)CC1.O=C=O. The van der Waals surface area contributed by atoms with Crippen LogP contribution in [0, 0.1) is 11.2 Å². The number of nitrogens with zero attached hydrogens (tertiary/aromatic N) is 2. The van der Waals surface area contributed by atoms with Gasteiger partial charge in [0.25, 0.3) is 0 Å². The maximum Gasteiger partial charge on any atom is 0.373 e. The van der Waals surface area contributed by atoms with Crippen LogP contribution in [0.25, 0.3) is 11.0 Å². The molecule has 2 saturated heterocycles. The maximum absolute atomic E-state index is 14.7. The normalized spacial score (nSPS) is 27.8. The maximum atomic E-state index is 14.7. The zero-order chi connectivity index (χ0) is 22.1. The van der Waals surface area contributed by atoms with Gasteiger partial charge >= 0.3 is 6.15 Å². The Balaban J connectivity index is 0.000000730. The van der Waals surface area contributed by atoms with E-state index >= 15 is 0 Å². The Bertz CT molecular complexity index is 977. The molecule has 2 aromatic heterocycles. The van der Waals surface area contributed by atoms with Crippen molar-refractivity contribution >= 4 is 17.2 Å². The summed E-state index contributed by atoms with van der Waals surface area (Å²) >= 11 is 0. The monoisotopic (exact) mass is 429 g/mol. The Morgan fingerprint density at radius 1 is 1.19 bits per heavy atom. The summed E-state index contributed by atoms with van der Waals surface area (Å²) in [4.78, 5) is 25.1. The minimum atomic E-state index is -0.303. The Labute approximate surface area is 180 Å². The number of pyridine rings is 2. The predicted molar refractivity (Wildman–Crippen MR) is 110 cm³/mol. The van der Waals surface area contributed by atoms with Crippen molar-refractivity contribution < 1.29 is 23.5 Å². The Kier molecular flexibility index (Phi) is 5.81. The van der Waals surface area contributed by atoms with E-state index in [0.717, 1.165) is 32.1 Å². The lowest BCUT2D eigenvalue weighted by molar-refractivity contribution is -0.191. The molecule has 4 heterocycles. The van der Waals surface area contributed by atoms with Crippen LogP contribution < -0.4 is 10.5 Å². The number of halogens is 1. The lowest BCUT2D eigenvalue weighted by Crippen LogP contribution is -2.59. The molecule has 166 valence electrons. The quantitative estimate of drug-likeness (QED) is 0.751. The number of carbonyl (C=O) groups excluding carboxylic acids is 2. The molecule has 8 heteroatoms. The summed E-state index contributed by atoms with van der Waals surface area (Å²) in [5.74, 6) is 0.245. The summed E-state index contributed by atoms with van der Waals surface area (Å²) in [5, 5.41) is 0. The van der Waals surface area contributed by atoms with Crippen LogP contribution >= 0.6 is 0 Å². The third-order valence-corrected chi connectivity index (χ3v) is 7.07. The second-order valence-electron chi connectivity index (χ2n) is 9.62. The van der Waals surface area contributed by atoms with Crippen molar-refractivity contribution in [3.63, 3.8) is 0 Å². The minimum absolute atomic E-state index is 0.150. The van der Waals surface area contributed by atoms with E-state index in [1.165, 1.54) is 19.0 Å². The summed E-state index contributed by atoms with van der Waals surface area (Å²) < 4.78 is 26.7. The van der Waals surface area contributed by atoms with E-state index in [2.05, 4.69) is 16.9 Å². The number of hydrogen-bond acceptors (Lipinski definition) is 7. The molecule has 4 aliphatic rings. The van der Waals surface area contributed by atoms with Crippen LogP contribution in [0.3, 0.4) is 0 Å². The Hall–Kier alpha value is -2.41. The third-order valence-electron chi connectivity index (χ3n) is 7.07. The van der Waals surface area contributed by atoms with Gasteiger partial charge in [0.15, 0.2) is 0 Å². The number of fused-ring (bicyclic) bond motifs is 4. The molecule has 0 atom stereocenters. The molecule has 0 amide bonds. The standard InChI is InChI=1S/C22H28FN3O2.CO2/c1-20(6-7-20)13-27-18-3-2-17-19(26-18)15(16(23)12-25-17)4-5-22-10-8-21(24,9-11-22)14-28-22;2-1-3/h2-3,12H,4-11,13-14,24H2,1H3;. The average Bonchev–Trinajstić information content (AvgIpc) is 3.51. The van der Waals surface area contributed by atoms with Crippen molar-refractivity contribution in [3.05, 3.63) is 29.7 Å². The van der Waals surface area contributed by atoms with Gasteiger partial charge in [0.05, 0.1) is 36.0 Å². The van der Waals surface area contributed by atoms with Crippen LogP contribution in [0.2, 0.25) is 0 Å². The lowest BCUT2D eigenvalue weighted by atomic mass is 9.70. The highest BCUT2D eigenvalue weighted by Gasteiger charge is 2.47. The first-order valence-electron chi connectivity index (χ1n) is 10.8. The number of rotatable bonds is 6. The topological polar surface area (TPSA) is 104 Å². The van der Waals surface area contributed by atoms with Crippen molar-refractivity contribution in [2.24, 2.45) is 11.1 Å². The summed E-state index contributed by atoms with van der Waals surface area (Å²) in [5.41, 5.74) is 8.20. The Morgan fingerprint density at radius 3 is 2.52 bits per heavy atom. The van der Waals surface area contributed by atoms with Gasteiger partial charge in [-0.2, -0.15) is 9.59 Å². The van der Waals surface area contributed by atoms with Crippen LogP contribution in [-0.4, -0.2) is 40.5 Å². The first-order chi connectivity index (χ1) is 14.8. The molecule has 7 nitrogen and oxygen atoms in total. The highest BCUT2D eigenvalue weighted by molar-refractivity contribution is 5.78. The zero-order valence-electron chi connectivity index (χ0n) is 17.8. The van der Waals surface area contributed by atoms with E-state index in [1.807, 2.05) is 12.1 Å². The van der Waals surface area contributed by atoms with Crippen molar-refractivity contribution in [3.8, 4) is 5.88 Å². The minimum Gasteiger partial charge on any atom is -0.477 e. The largest absolute Gasteiger partial charge is 0.477 e. The first-order valence-corrected chi connectivity index (χ1v) is 10.8. The second-order valence-corrected chi connectivity index (χ2v) is 9.62. The molecule has 4 fully saturated rings. The first kappa shape index (κ1) is 21.8. The molecule has 2 N–H and O–H groups in total. The fourth-order valence-corrected chi connectivity index (χ4v) is 4.47. The second kappa shape index (κ2) is 8.26. The van der Waals surface area contributed by atoms with Gasteiger partial charge in [-0.1, -0.05) is 6.92 Å². The van der Waals surface area contributed by atoms with E-state index in [9.17, 15) is 4.39 Å². The fraction of sp³-hybridized carbons (Fsp3) is 0.609. The number of hydrogen-bond donors (Lipinski definition) is 1. The summed E-state index contributed by atoms with van der Waals surface area (Å²) in [6.07, 6.45) is 9.17. The molecular weight excluding hydrogens is 401 g/mol. The van der Waals surface area contributed by atoms with E-state index in [4.69, 9.17) is 24.8 Å². The van der Waals surface area contributed by atoms with Gasteiger partial charge in [-0.25, -0.2) is 9.37 Å². The summed E-state index contributed by atoms with van der Waals surface area (Å²) in [6.45, 7) is 3.48. The molecule has 2 aromatic rings. The van der Waals surface area contributed by atoms with Gasteiger partial charge in [0, 0.05) is 22.6 Å². The molecule has 2 aliphatic heterocycles. The lowest BCUT2D eigenvalue weighted by Gasteiger charge is -2.51. The van der Waals surface area contributed by atoms with Crippen LogP contribution in [0.4, 0.5) is 4.39 Å². The molecule has 31 heavy (non-hydrogen) atoms. The van der Waals surface area contributed by atoms with Crippen LogP contribution in [0.1, 0.15) is 57.4 Å². The Morgan fingerprint density at radius 2 is 1.90 bits per heavy atom. The smallest absolute Gasteiger partial charge is 0.373 e. The molecule has 0 unspecified atom stereocenters. The molecule has 0 radical (unpaired) electrons. The van der Waals surface area contributed by atoms with E-state index in [0.29, 0.717) is 42.1 Å².